The van der Waals surface area contributed by atoms with Crippen molar-refractivity contribution in [2.24, 2.45) is 17.8 Å². The Bertz CT molecular complexity index is 941. The standard InChI is InChI=1S/C24H24O3S/c1-27-21-19(8-7-15-5-3-2-4-6-15)28-22(23(25)26)20(21)24-12-16-9-17(13-24)11-18(10-16)14-24/h2-6,16-18H,9-14H2,1H3,(H,25,26). The van der Waals surface area contributed by atoms with E-state index in [-0.39, 0.29) is 5.41 Å². The van der Waals surface area contributed by atoms with Crippen LogP contribution in [-0.4, -0.2) is 18.2 Å². The first-order valence-corrected chi connectivity index (χ1v) is 10.9. The molecule has 144 valence electrons. The number of carboxylic acids is 1. The quantitative estimate of drug-likeness (QED) is 0.719. The number of benzene rings is 1. The van der Waals surface area contributed by atoms with E-state index in [1.165, 1.54) is 30.6 Å². The summed E-state index contributed by atoms with van der Waals surface area (Å²) in [5.74, 6) is 8.49. The topological polar surface area (TPSA) is 46.5 Å². The monoisotopic (exact) mass is 392 g/mol. The Morgan fingerprint density at radius 2 is 1.68 bits per heavy atom. The molecule has 4 aliphatic carbocycles. The first-order chi connectivity index (χ1) is 13.6. The second-order valence-electron chi connectivity index (χ2n) is 8.79. The number of rotatable bonds is 3. The number of carbonyl (C=O) groups is 1. The third-order valence-corrected chi connectivity index (χ3v) is 8.00. The fourth-order valence-electron chi connectivity index (χ4n) is 6.39. The van der Waals surface area contributed by atoms with Crippen LogP contribution in [0.1, 0.15) is 64.2 Å². The van der Waals surface area contributed by atoms with Crippen LogP contribution in [0.4, 0.5) is 0 Å². The van der Waals surface area contributed by atoms with Crippen molar-refractivity contribution in [1.29, 1.82) is 0 Å². The summed E-state index contributed by atoms with van der Waals surface area (Å²) in [6.45, 7) is 0. The molecule has 0 unspecified atom stereocenters. The van der Waals surface area contributed by atoms with E-state index in [0.29, 0.717) is 10.6 Å². The Hall–Kier alpha value is -2.25. The molecule has 6 rings (SSSR count). The molecule has 3 nitrogen and oxygen atoms in total. The molecule has 0 radical (unpaired) electrons. The predicted molar refractivity (Wildman–Crippen MR) is 110 cm³/mol. The normalized spacial score (nSPS) is 30.0. The fraction of sp³-hybridized carbons (Fsp3) is 0.458. The molecule has 4 heteroatoms. The zero-order valence-corrected chi connectivity index (χ0v) is 16.8. The molecule has 28 heavy (non-hydrogen) atoms. The van der Waals surface area contributed by atoms with E-state index in [4.69, 9.17) is 4.74 Å². The predicted octanol–water partition coefficient (Wildman–Crippen LogP) is 5.32. The highest BCUT2D eigenvalue weighted by Gasteiger charge is 2.54. The van der Waals surface area contributed by atoms with E-state index >= 15 is 0 Å². The third kappa shape index (κ3) is 2.84. The molecule has 1 N–H and O–H groups in total. The Labute approximate surface area is 169 Å². The van der Waals surface area contributed by atoms with Crippen LogP contribution in [0.25, 0.3) is 0 Å². The van der Waals surface area contributed by atoms with Gasteiger partial charge in [0.05, 0.1) is 7.11 Å². The summed E-state index contributed by atoms with van der Waals surface area (Å²) < 4.78 is 5.83. The second-order valence-corrected chi connectivity index (χ2v) is 9.81. The van der Waals surface area contributed by atoms with E-state index in [2.05, 4.69) is 11.8 Å². The Kier molecular flexibility index (Phi) is 4.25. The van der Waals surface area contributed by atoms with E-state index in [1.54, 1.807) is 7.11 Å². The number of ether oxygens (including phenoxy) is 1. The van der Waals surface area contributed by atoms with Gasteiger partial charge in [0.1, 0.15) is 15.5 Å². The van der Waals surface area contributed by atoms with E-state index in [0.717, 1.165) is 53.0 Å². The second kappa shape index (κ2) is 6.67. The van der Waals surface area contributed by atoms with Gasteiger partial charge in [-0.3, -0.25) is 0 Å². The molecule has 1 aromatic carbocycles. The lowest BCUT2D eigenvalue weighted by Crippen LogP contribution is -2.49. The molecule has 0 amide bonds. The van der Waals surface area contributed by atoms with Crippen LogP contribution in [0, 0.1) is 29.6 Å². The number of thiophene rings is 1. The van der Waals surface area contributed by atoms with Gasteiger partial charge in [0.25, 0.3) is 0 Å². The molecule has 0 saturated heterocycles. The van der Waals surface area contributed by atoms with Crippen molar-refractivity contribution in [2.45, 2.75) is 43.9 Å². The lowest BCUT2D eigenvalue weighted by molar-refractivity contribution is -0.00652. The third-order valence-electron chi connectivity index (χ3n) is 6.93. The van der Waals surface area contributed by atoms with Crippen molar-refractivity contribution < 1.29 is 14.6 Å². The lowest BCUT2D eigenvalue weighted by Gasteiger charge is -2.57. The summed E-state index contributed by atoms with van der Waals surface area (Å²) in [6.07, 6.45) is 7.31. The average molecular weight is 393 g/mol. The molecule has 4 fully saturated rings. The van der Waals surface area contributed by atoms with Crippen LogP contribution < -0.4 is 4.74 Å². The van der Waals surface area contributed by atoms with Gasteiger partial charge in [0.15, 0.2) is 0 Å². The van der Waals surface area contributed by atoms with Crippen LogP contribution >= 0.6 is 11.3 Å². The van der Waals surface area contributed by atoms with E-state index < -0.39 is 5.97 Å². The number of aromatic carboxylic acids is 1. The first kappa shape index (κ1) is 17.8. The zero-order chi connectivity index (χ0) is 19.3. The smallest absolute Gasteiger partial charge is 0.346 e. The number of hydrogen-bond acceptors (Lipinski definition) is 3. The van der Waals surface area contributed by atoms with Crippen molar-refractivity contribution in [3.05, 3.63) is 51.2 Å². The van der Waals surface area contributed by atoms with E-state index in [9.17, 15) is 9.90 Å². The van der Waals surface area contributed by atoms with Crippen molar-refractivity contribution in [3.63, 3.8) is 0 Å². The van der Waals surface area contributed by atoms with Gasteiger partial charge in [-0.05, 0) is 74.3 Å². The molecule has 0 aliphatic heterocycles. The minimum atomic E-state index is -0.846. The highest BCUT2D eigenvalue weighted by molar-refractivity contribution is 7.15. The molecule has 4 bridgehead atoms. The Balaban J connectivity index is 1.63. The van der Waals surface area contributed by atoms with Crippen LogP contribution in [0.5, 0.6) is 5.75 Å². The van der Waals surface area contributed by atoms with Crippen LogP contribution in [0.15, 0.2) is 30.3 Å². The van der Waals surface area contributed by atoms with Gasteiger partial charge < -0.3 is 9.84 Å². The summed E-state index contributed by atoms with van der Waals surface area (Å²) in [7, 11) is 1.66. The molecular formula is C24H24O3S. The highest BCUT2D eigenvalue weighted by Crippen LogP contribution is 2.63. The highest BCUT2D eigenvalue weighted by atomic mass is 32.1. The molecule has 4 saturated carbocycles. The largest absolute Gasteiger partial charge is 0.494 e. The van der Waals surface area contributed by atoms with E-state index in [1.807, 2.05) is 30.3 Å². The van der Waals surface area contributed by atoms with Gasteiger partial charge in [0, 0.05) is 16.5 Å². The molecule has 2 aromatic rings. The van der Waals surface area contributed by atoms with Gasteiger partial charge in [-0.2, -0.15) is 0 Å². The summed E-state index contributed by atoms with van der Waals surface area (Å²) >= 11 is 1.29. The van der Waals surface area contributed by atoms with Crippen LogP contribution in [-0.2, 0) is 5.41 Å². The molecule has 1 aromatic heterocycles. The van der Waals surface area contributed by atoms with Crippen LogP contribution in [0.2, 0.25) is 0 Å². The Morgan fingerprint density at radius 3 is 2.21 bits per heavy atom. The number of methoxy groups -OCH3 is 1. The van der Waals surface area contributed by atoms with Crippen molar-refractivity contribution in [3.8, 4) is 17.6 Å². The molecule has 0 atom stereocenters. The fourth-order valence-corrected chi connectivity index (χ4v) is 7.48. The Morgan fingerprint density at radius 1 is 1.07 bits per heavy atom. The van der Waals surface area contributed by atoms with Crippen molar-refractivity contribution in [1.82, 2.24) is 0 Å². The summed E-state index contributed by atoms with van der Waals surface area (Å²) in [6, 6.07) is 9.80. The van der Waals surface area contributed by atoms with Crippen molar-refractivity contribution in [2.75, 3.05) is 7.11 Å². The maximum absolute atomic E-state index is 12.2. The summed E-state index contributed by atoms with van der Waals surface area (Å²) in [5, 5.41) is 9.99. The minimum absolute atomic E-state index is 0.0308. The molecular weight excluding hydrogens is 368 g/mol. The van der Waals surface area contributed by atoms with Gasteiger partial charge in [-0.15, -0.1) is 11.3 Å². The lowest BCUT2D eigenvalue weighted by atomic mass is 9.48. The van der Waals surface area contributed by atoms with Gasteiger partial charge >= 0.3 is 5.97 Å². The number of carboxylic acid groups (broad SMARTS) is 1. The van der Waals surface area contributed by atoms with Gasteiger partial charge in [-0.1, -0.05) is 24.1 Å². The van der Waals surface area contributed by atoms with Gasteiger partial charge in [-0.25, -0.2) is 4.79 Å². The molecule has 4 aliphatic rings. The number of hydrogen-bond donors (Lipinski definition) is 1. The summed E-state index contributed by atoms with van der Waals surface area (Å²) in [4.78, 5) is 13.4. The SMILES string of the molecule is COc1c(C#Cc2ccccc2)sc(C(=O)O)c1C12CC3CC(CC(C3)C1)C2. The van der Waals surface area contributed by atoms with Crippen LogP contribution in [0.3, 0.4) is 0 Å². The molecule has 0 spiro atoms. The first-order valence-electron chi connectivity index (χ1n) is 10.1. The van der Waals surface area contributed by atoms with Gasteiger partial charge in [0.2, 0.25) is 0 Å². The van der Waals surface area contributed by atoms with Crippen molar-refractivity contribution >= 4 is 17.3 Å². The minimum Gasteiger partial charge on any atom is -0.494 e. The maximum Gasteiger partial charge on any atom is 0.346 e. The summed E-state index contributed by atoms with van der Waals surface area (Å²) in [5.41, 5.74) is 1.84. The zero-order valence-electron chi connectivity index (χ0n) is 16.0. The maximum atomic E-state index is 12.2. The average Bonchev–Trinajstić information content (AvgIpc) is 3.06. The molecule has 1 heterocycles.